The number of benzene rings is 2. The molecule has 2 rings (SSSR count). The first-order valence-electron chi connectivity index (χ1n) is 6.98. The second-order valence-corrected chi connectivity index (χ2v) is 5.53. The van der Waals surface area contributed by atoms with Crippen LogP contribution in [0.1, 0.15) is 15.9 Å². The minimum atomic E-state index is -0.470. The van der Waals surface area contributed by atoms with Crippen LogP contribution in [-0.2, 0) is 9.53 Å². The SMILES string of the molecule is COC(=O)c1ccccc1/C=N\NC(=O)COc1ccc(Br)cc1. The Labute approximate surface area is 147 Å². The normalized spacial score (nSPS) is 10.4. The van der Waals surface area contributed by atoms with Crippen molar-refractivity contribution in [3.63, 3.8) is 0 Å². The summed E-state index contributed by atoms with van der Waals surface area (Å²) in [5, 5.41) is 3.83. The molecule has 0 spiro atoms. The predicted octanol–water partition coefficient (Wildman–Crippen LogP) is 2.76. The molecule has 6 nitrogen and oxygen atoms in total. The van der Waals surface area contributed by atoms with Crippen LogP contribution in [0.25, 0.3) is 0 Å². The van der Waals surface area contributed by atoms with Crippen molar-refractivity contribution in [3.05, 3.63) is 64.1 Å². The molecule has 2 aromatic rings. The first-order valence-corrected chi connectivity index (χ1v) is 7.77. The van der Waals surface area contributed by atoms with E-state index in [1.54, 1.807) is 36.4 Å². The number of halogens is 1. The highest BCUT2D eigenvalue weighted by molar-refractivity contribution is 9.10. The molecule has 124 valence electrons. The van der Waals surface area contributed by atoms with Crippen LogP contribution >= 0.6 is 15.9 Å². The Hall–Kier alpha value is -2.67. The number of amides is 1. The van der Waals surface area contributed by atoms with Crippen LogP contribution in [0.15, 0.2) is 58.1 Å². The lowest BCUT2D eigenvalue weighted by molar-refractivity contribution is -0.123. The zero-order chi connectivity index (χ0) is 17.4. The van der Waals surface area contributed by atoms with Gasteiger partial charge in [-0.25, -0.2) is 10.2 Å². The van der Waals surface area contributed by atoms with Gasteiger partial charge in [-0.05, 0) is 30.3 Å². The number of hydrogen-bond donors (Lipinski definition) is 1. The number of ether oxygens (including phenoxy) is 2. The van der Waals surface area contributed by atoms with Crippen LogP contribution < -0.4 is 10.2 Å². The van der Waals surface area contributed by atoms with E-state index in [-0.39, 0.29) is 6.61 Å². The topological polar surface area (TPSA) is 77.0 Å². The van der Waals surface area contributed by atoms with Crippen molar-refractivity contribution in [2.75, 3.05) is 13.7 Å². The van der Waals surface area contributed by atoms with E-state index in [1.165, 1.54) is 13.3 Å². The standard InChI is InChI=1S/C17H15BrN2O4/c1-23-17(22)15-5-3-2-4-12(15)10-19-20-16(21)11-24-14-8-6-13(18)7-9-14/h2-10H,11H2,1H3,(H,20,21)/b19-10-. The third-order valence-corrected chi connectivity index (χ3v) is 3.47. The number of hydrogen-bond acceptors (Lipinski definition) is 5. The molecule has 0 saturated heterocycles. The maximum absolute atomic E-state index is 11.7. The molecule has 7 heteroatoms. The van der Waals surface area contributed by atoms with Gasteiger partial charge >= 0.3 is 5.97 Å². The van der Waals surface area contributed by atoms with Crippen LogP contribution in [0.3, 0.4) is 0 Å². The molecule has 24 heavy (non-hydrogen) atoms. The molecular formula is C17H15BrN2O4. The van der Waals surface area contributed by atoms with Crippen molar-refractivity contribution in [3.8, 4) is 5.75 Å². The molecule has 0 bridgehead atoms. The van der Waals surface area contributed by atoms with E-state index >= 15 is 0 Å². The number of nitrogens with one attached hydrogen (secondary N) is 1. The lowest BCUT2D eigenvalue weighted by atomic mass is 10.1. The fourth-order valence-corrected chi connectivity index (χ4v) is 2.06. The van der Waals surface area contributed by atoms with Crippen molar-refractivity contribution in [1.82, 2.24) is 5.43 Å². The highest BCUT2D eigenvalue weighted by Gasteiger charge is 2.09. The number of nitrogens with zero attached hydrogens (tertiary/aromatic N) is 1. The van der Waals surface area contributed by atoms with E-state index < -0.39 is 11.9 Å². The molecule has 0 radical (unpaired) electrons. The summed E-state index contributed by atoms with van der Waals surface area (Å²) >= 11 is 3.32. The molecular weight excluding hydrogens is 376 g/mol. The maximum Gasteiger partial charge on any atom is 0.338 e. The van der Waals surface area contributed by atoms with Gasteiger partial charge in [0.25, 0.3) is 5.91 Å². The van der Waals surface area contributed by atoms with E-state index in [2.05, 4.69) is 31.2 Å². The summed E-state index contributed by atoms with van der Waals surface area (Å²) in [7, 11) is 1.30. The van der Waals surface area contributed by atoms with Gasteiger partial charge in [0.1, 0.15) is 5.75 Å². The molecule has 0 aliphatic carbocycles. The molecule has 0 aliphatic rings. The zero-order valence-electron chi connectivity index (χ0n) is 12.9. The first kappa shape index (κ1) is 17.7. The molecule has 2 aromatic carbocycles. The fraction of sp³-hybridized carbons (Fsp3) is 0.118. The molecule has 1 N–H and O–H groups in total. The van der Waals surface area contributed by atoms with Crippen LogP contribution in [0.5, 0.6) is 5.75 Å². The van der Waals surface area contributed by atoms with E-state index in [9.17, 15) is 9.59 Å². The van der Waals surface area contributed by atoms with Crippen molar-refractivity contribution < 1.29 is 19.1 Å². The van der Waals surface area contributed by atoms with Crippen LogP contribution in [-0.4, -0.2) is 31.8 Å². The summed E-state index contributed by atoms with van der Waals surface area (Å²) in [4.78, 5) is 23.3. The van der Waals surface area contributed by atoms with E-state index in [0.717, 1.165) is 4.47 Å². The zero-order valence-corrected chi connectivity index (χ0v) is 14.4. The Morgan fingerprint density at radius 3 is 2.58 bits per heavy atom. The lowest BCUT2D eigenvalue weighted by Crippen LogP contribution is -2.24. The number of carbonyl (C=O) groups excluding carboxylic acids is 2. The van der Waals surface area contributed by atoms with Gasteiger partial charge in [-0.15, -0.1) is 0 Å². The van der Waals surface area contributed by atoms with Gasteiger partial charge in [-0.2, -0.15) is 5.10 Å². The Balaban J connectivity index is 1.88. The molecule has 0 unspecified atom stereocenters. The van der Waals surface area contributed by atoms with Crippen molar-refractivity contribution >= 4 is 34.0 Å². The van der Waals surface area contributed by atoms with Gasteiger partial charge in [-0.1, -0.05) is 34.1 Å². The van der Waals surface area contributed by atoms with Crippen molar-refractivity contribution in [2.45, 2.75) is 0 Å². The van der Waals surface area contributed by atoms with Gasteiger partial charge in [0, 0.05) is 10.0 Å². The van der Waals surface area contributed by atoms with Gasteiger partial charge in [0.15, 0.2) is 6.61 Å². The summed E-state index contributed by atoms with van der Waals surface area (Å²) < 4.78 is 10.9. The summed E-state index contributed by atoms with van der Waals surface area (Å²) in [6.45, 7) is -0.169. The Bertz CT molecular complexity index is 745. The van der Waals surface area contributed by atoms with Crippen LogP contribution in [0.4, 0.5) is 0 Å². The average Bonchev–Trinajstić information content (AvgIpc) is 2.61. The minimum Gasteiger partial charge on any atom is -0.484 e. The second kappa shape index (κ2) is 8.83. The third kappa shape index (κ3) is 5.20. The molecule has 0 aliphatic heterocycles. The van der Waals surface area contributed by atoms with E-state index in [4.69, 9.17) is 4.74 Å². The summed E-state index contributed by atoms with van der Waals surface area (Å²) in [6, 6.07) is 13.9. The second-order valence-electron chi connectivity index (χ2n) is 4.61. The number of hydrazone groups is 1. The van der Waals surface area contributed by atoms with Crippen LogP contribution in [0.2, 0.25) is 0 Å². The average molecular weight is 391 g/mol. The highest BCUT2D eigenvalue weighted by Crippen LogP contribution is 2.15. The van der Waals surface area contributed by atoms with Gasteiger partial charge < -0.3 is 9.47 Å². The molecule has 0 aromatic heterocycles. The predicted molar refractivity (Wildman–Crippen MR) is 93.2 cm³/mol. The van der Waals surface area contributed by atoms with Crippen LogP contribution in [0, 0.1) is 0 Å². The highest BCUT2D eigenvalue weighted by atomic mass is 79.9. The molecule has 0 saturated carbocycles. The van der Waals surface area contributed by atoms with Crippen molar-refractivity contribution in [2.24, 2.45) is 5.10 Å². The van der Waals surface area contributed by atoms with E-state index in [0.29, 0.717) is 16.9 Å². The largest absolute Gasteiger partial charge is 0.484 e. The minimum absolute atomic E-state index is 0.169. The molecule has 0 fully saturated rings. The molecule has 0 atom stereocenters. The number of carbonyl (C=O) groups is 2. The van der Waals surface area contributed by atoms with Gasteiger partial charge in [0.2, 0.25) is 0 Å². The lowest BCUT2D eigenvalue weighted by Gasteiger charge is -2.05. The summed E-state index contributed by atoms with van der Waals surface area (Å²) in [5.41, 5.74) is 3.25. The Morgan fingerprint density at radius 2 is 1.88 bits per heavy atom. The number of rotatable bonds is 6. The van der Waals surface area contributed by atoms with E-state index in [1.807, 2.05) is 12.1 Å². The smallest absolute Gasteiger partial charge is 0.338 e. The fourth-order valence-electron chi connectivity index (χ4n) is 1.79. The quantitative estimate of drug-likeness (QED) is 0.467. The summed E-state index contributed by atoms with van der Waals surface area (Å²) in [6.07, 6.45) is 1.38. The molecule has 0 heterocycles. The van der Waals surface area contributed by atoms with Crippen molar-refractivity contribution in [1.29, 1.82) is 0 Å². The van der Waals surface area contributed by atoms with Gasteiger partial charge in [0.05, 0.1) is 18.9 Å². The van der Waals surface area contributed by atoms with Gasteiger partial charge in [-0.3, -0.25) is 4.79 Å². The number of esters is 1. The third-order valence-electron chi connectivity index (χ3n) is 2.94. The first-order chi connectivity index (χ1) is 11.6. The molecule has 1 amide bonds. The number of methoxy groups -OCH3 is 1. The maximum atomic E-state index is 11.7. The Kier molecular flexibility index (Phi) is 6.51. The monoisotopic (exact) mass is 390 g/mol. The Morgan fingerprint density at radius 1 is 1.17 bits per heavy atom. The summed E-state index contributed by atoms with van der Waals surface area (Å²) in [5.74, 6) is -0.306.